The van der Waals surface area contributed by atoms with Gasteiger partial charge in [0.2, 0.25) is 0 Å². The van der Waals surface area contributed by atoms with Crippen LogP contribution in [0.15, 0.2) is 0 Å². The molecule has 0 saturated heterocycles. The summed E-state index contributed by atoms with van der Waals surface area (Å²) in [6.45, 7) is 7.22. The van der Waals surface area contributed by atoms with E-state index in [4.69, 9.17) is 11.1 Å². The Labute approximate surface area is 91.3 Å². The van der Waals surface area contributed by atoms with E-state index in [-0.39, 0.29) is 11.8 Å². The van der Waals surface area contributed by atoms with Gasteiger partial charge in [-0.3, -0.25) is 5.41 Å². The molecule has 6 nitrogen and oxygen atoms in total. The van der Waals surface area contributed by atoms with Crippen LogP contribution in [0.2, 0.25) is 0 Å². The first kappa shape index (κ1) is 14.3. The van der Waals surface area contributed by atoms with Gasteiger partial charge in [-0.15, -0.1) is 0 Å². The molecule has 0 aromatic heterocycles. The number of rotatable bonds is 6. The van der Waals surface area contributed by atoms with Gasteiger partial charge in [-0.25, -0.2) is 4.72 Å². The van der Waals surface area contributed by atoms with E-state index in [2.05, 4.69) is 9.44 Å². The molecule has 7 heteroatoms. The SMILES string of the molecule is CC(C)CNS(=O)(=O)NC(C)(C)C(=N)N. The minimum atomic E-state index is -3.60. The fraction of sp³-hybridized carbons (Fsp3) is 0.875. The molecule has 0 heterocycles. The molecule has 0 unspecified atom stereocenters. The van der Waals surface area contributed by atoms with Crippen LogP contribution in [0, 0.1) is 11.3 Å². The second kappa shape index (κ2) is 4.91. The molecule has 0 aliphatic carbocycles. The maximum atomic E-state index is 11.5. The van der Waals surface area contributed by atoms with Crippen molar-refractivity contribution in [2.45, 2.75) is 33.2 Å². The Kier molecular flexibility index (Phi) is 4.69. The minimum Gasteiger partial charge on any atom is -0.386 e. The van der Waals surface area contributed by atoms with Gasteiger partial charge in [0.25, 0.3) is 10.2 Å². The average Bonchev–Trinajstić information content (AvgIpc) is 1.99. The lowest BCUT2D eigenvalue weighted by Crippen LogP contribution is -2.55. The van der Waals surface area contributed by atoms with Gasteiger partial charge in [-0.05, 0) is 19.8 Å². The van der Waals surface area contributed by atoms with E-state index < -0.39 is 15.7 Å². The van der Waals surface area contributed by atoms with E-state index in [1.807, 2.05) is 13.8 Å². The Bertz CT molecular complexity index is 322. The molecule has 90 valence electrons. The molecule has 5 N–H and O–H groups in total. The van der Waals surface area contributed by atoms with Crippen LogP contribution in [0.1, 0.15) is 27.7 Å². The van der Waals surface area contributed by atoms with Crippen LogP contribution in [0.25, 0.3) is 0 Å². The maximum absolute atomic E-state index is 11.5. The Balaban J connectivity index is 4.45. The van der Waals surface area contributed by atoms with E-state index in [0.717, 1.165) is 0 Å². The molecule has 0 atom stereocenters. The van der Waals surface area contributed by atoms with Crippen LogP contribution in [-0.4, -0.2) is 26.3 Å². The van der Waals surface area contributed by atoms with Crippen LogP contribution in [0.4, 0.5) is 0 Å². The highest BCUT2D eigenvalue weighted by molar-refractivity contribution is 7.87. The van der Waals surface area contributed by atoms with Crippen LogP contribution in [0.5, 0.6) is 0 Å². The standard InChI is InChI=1S/C8H20N4O2S/c1-6(2)5-11-15(13,14)12-8(3,4)7(9)10/h6,11-12H,5H2,1-4H3,(H3,9,10). The normalized spacial score (nSPS) is 13.1. The molecule has 0 amide bonds. The van der Waals surface area contributed by atoms with Gasteiger partial charge < -0.3 is 5.73 Å². The summed E-state index contributed by atoms with van der Waals surface area (Å²) >= 11 is 0. The van der Waals surface area contributed by atoms with Crippen molar-refractivity contribution in [3.63, 3.8) is 0 Å². The second-order valence-electron chi connectivity index (χ2n) is 4.39. The zero-order chi connectivity index (χ0) is 12.3. The number of nitrogens with one attached hydrogen (secondary N) is 3. The van der Waals surface area contributed by atoms with E-state index in [9.17, 15) is 8.42 Å². The van der Waals surface area contributed by atoms with Crippen LogP contribution in [-0.2, 0) is 10.2 Å². The zero-order valence-corrected chi connectivity index (χ0v) is 10.4. The molecule has 0 spiro atoms. The molecule has 0 aliphatic heterocycles. The monoisotopic (exact) mass is 236 g/mol. The van der Waals surface area contributed by atoms with Crippen LogP contribution < -0.4 is 15.2 Å². The molecule has 0 aromatic carbocycles. The summed E-state index contributed by atoms with van der Waals surface area (Å²) in [5, 5.41) is 7.22. The molecule has 0 radical (unpaired) electrons. The van der Waals surface area contributed by atoms with E-state index in [1.54, 1.807) is 0 Å². The molecule has 0 aliphatic rings. The number of amidine groups is 1. The molecule has 0 rings (SSSR count). The Hall–Kier alpha value is -0.660. The Morgan fingerprint density at radius 3 is 2.27 bits per heavy atom. The topological polar surface area (TPSA) is 108 Å². The quantitative estimate of drug-likeness (QED) is 0.378. The molecular weight excluding hydrogens is 216 g/mol. The minimum absolute atomic E-state index is 0.224. The third-order valence-corrected chi connectivity index (χ3v) is 3.07. The zero-order valence-electron chi connectivity index (χ0n) is 9.59. The smallest absolute Gasteiger partial charge is 0.277 e. The lowest BCUT2D eigenvalue weighted by molar-refractivity contribution is 0.518. The van der Waals surface area contributed by atoms with Crippen molar-refractivity contribution in [1.82, 2.24) is 9.44 Å². The van der Waals surface area contributed by atoms with Crippen molar-refractivity contribution in [1.29, 1.82) is 5.41 Å². The van der Waals surface area contributed by atoms with Crippen LogP contribution in [0.3, 0.4) is 0 Å². The lowest BCUT2D eigenvalue weighted by atomic mass is 10.1. The van der Waals surface area contributed by atoms with Gasteiger partial charge in [-0.2, -0.15) is 13.1 Å². The molecule has 0 fully saturated rings. The van der Waals surface area contributed by atoms with Crippen molar-refractivity contribution >= 4 is 16.0 Å². The van der Waals surface area contributed by atoms with Crippen molar-refractivity contribution in [2.24, 2.45) is 11.7 Å². The third kappa shape index (κ3) is 5.71. The van der Waals surface area contributed by atoms with Gasteiger partial charge in [0.15, 0.2) is 0 Å². The largest absolute Gasteiger partial charge is 0.386 e. The first-order valence-electron chi connectivity index (χ1n) is 4.70. The summed E-state index contributed by atoms with van der Waals surface area (Å²) in [4.78, 5) is 0. The van der Waals surface area contributed by atoms with Crippen molar-refractivity contribution in [3.8, 4) is 0 Å². The summed E-state index contributed by atoms with van der Waals surface area (Å²) in [5.41, 5.74) is 4.20. The fourth-order valence-electron chi connectivity index (χ4n) is 0.703. The predicted octanol–water partition coefficient (Wildman–Crippen LogP) is -0.219. The van der Waals surface area contributed by atoms with E-state index in [0.29, 0.717) is 6.54 Å². The highest BCUT2D eigenvalue weighted by atomic mass is 32.2. The van der Waals surface area contributed by atoms with Gasteiger partial charge >= 0.3 is 0 Å². The Morgan fingerprint density at radius 2 is 1.93 bits per heavy atom. The van der Waals surface area contributed by atoms with Gasteiger partial charge in [-0.1, -0.05) is 13.8 Å². The molecular formula is C8H20N4O2S. The van der Waals surface area contributed by atoms with Gasteiger partial charge in [0.05, 0.1) is 5.54 Å². The summed E-state index contributed by atoms with van der Waals surface area (Å²) in [6.07, 6.45) is 0. The van der Waals surface area contributed by atoms with Crippen molar-refractivity contribution in [2.75, 3.05) is 6.54 Å². The number of hydrogen-bond acceptors (Lipinski definition) is 3. The summed E-state index contributed by atoms with van der Waals surface area (Å²) < 4.78 is 27.6. The van der Waals surface area contributed by atoms with E-state index in [1.165, 1.54) is 13.8 Å². The predicted molar refractivity (Wildman–Crippen MR) is 60.9 cm³/mol. The second-order valence-corrected chi connectivity index (χ2v) is 5.89. The summed E-state index contributed by atoms with van der Waals surface area (Å²) in [7, 11) is -3.60. The third-order valence-electron chi connectivity index (χ3n) is 1.74. The average molecular weight is 236 g/mol. The highest BCUT2D eigenvalue weighted by Crippen LogP contribution is 2.02. The summed E-state index contributed by atoms with van der Waals surface area (Å²) in [6, 6.07) is 0. The lowest BCUT2D eigenvalue weighted by Gasteiger charge is -2.24. The molecule has 0 aromatic rings. The van der Waals surface area contributed by atoms with Crippen molar-refractivity contribution in [3.05, 3.63) is 0 Å². The number of hydrogen-bond donors (Lipinski definition) is 4. The first-order chi connectivity index (χ1) is 6.57. The molecule has 0 bridgehead atoms. The van der Waals surface area contributed by atoms with Crippen LogP contribution >= 0.6 is 0 Å². The van der Waals surface area contributed by atoms with Crippen molar-refractivity contribution < 1.29 is 8.42 Å². The summed E-state index contributed by atoms with van der Waals surface area (Å²) in [5.74, 6) is -0.000521. The van der Waals surface area contributed by atoms with Gasteiger partial charge in [0.1, 0.15) is 5.84 Å². The molecule has 15 heavy (non-hydrogen) atoms. The highest BCUT2D eigenvalue weighted by Gasteiger charge is 2.27. The van der Waals surface area contributed by atoms with E-state index >= 15 is 0 Å². The fourth-order valence-corrected chi connectivity index (χ4v) is 2.11. The van der Waals surface area contributed by atoms with Gasteiger partial charge in [0, 0.05) is 6.54 Å². The molecule has 0 saturated carbocycles. The number of nitrogens with two attached hydrogens (primary N) is 1. The maximum Gasteiger partial charge on any atom is 0.277 e. The Morgan fingerprint density at radius 1 is 1.47 bits per heavy atom. The first-order valence-corrected chi connectivity index (χ1v) is 6.18.